The van der Waals surface area contributed by atoms with Gasteiger partial charge in [0.15, 0.2) is 0 Å². The van der Waals surface area contributed by atoms with Gasteiger partial charge in [0.25, 0.3) is 0 Å². The van der Waals surface area contributed by atoms with Gasteiger partial charge in [-0.05, 0) is 34.4 Å². The lowest BCUT2D eigenvalue weighted by Gasteiger charge is -2.24. The molecule has 1 aliphatic carbocycles. The monoisotopic (exact) mass is 403 g/mol. The summed E-state index contributed by atoms with van der Waals surface area (Å²) >= 11 is 0. The molecular weight excluding hydrogens is 382 g/mol. The average Bonchev–Trinajstić information content (AvgIpc) is 3.09. The molecule has 0 aromatic heterocycles. The number of rotatable bonds is 6. The highest BCUT2D eigenvalue weighted by molar-refractivity contribution is 6.00. The summed E-state index contributed by atoms with van der Waals surface area (Å²) in [7, 11) is 0. The van der Waals surface area contributed by atoms with E-state index in [1.54, 1.807) is 12.1 Å². The molecule has 0 atom stereocenters. The molecule has 0 saturated heterocycles. The number of aliphatic hydroxyl groups excluding tert-OH is 1. The number of carboxylic acids is 1. The number of anilines is 1. The molecular formula is C24H21NO5. The summed E-state index contributed by atoms with van der Waals surface area (Å²) in [6, 6.07) is 22.2. The first-order valence-corrected chi connectivity index (χ1v) is 9.67. The van der Waals surface area contributed by atoms with Gasteiger partial charge in [-0.1, -0.05) is 60.7 Å². The summed E-state index contributed by atoms with van der Waals surface area (Å²) in [6.45, 7) is -0.275. The average molecular weight is 403 g/mol. The number of aromatic carboxylic acids is 1. The second kappa shape index (κ2) is 8.39. The van der Waals surface area contributed by atoms with E-state index in [-0.39, 0.29) is 36.9 Å². The van der Waals surface area contributed by atoms with E-state index in [2.05, 4.69) is 12.1 Å². The Bertz CT molecular complexity index is 1050. The number of carboxylic acid groups (broad SMARTS) is 1. The summed E-state index contributed by atoms with van der Waals surface area (Å²) < 4.78 is 5.63. The molecule has 30 heavy (non-hydrogen) atoms. The smallest absolute Gasteiger partial charge is 0.414 e. The Kier molecular flexibility index (Phi) is 5.50. The lowest BCUT2D eigenvalue weighted by atomic mass is 9.98. The molecule has 3 aromatic rings. The minimum Gasteiger partial charge on any atom is -0.478 e. The van der Waals surface area contributed by atoms with Crippen LogP contribution in [0.2, 0.25) is 0 Å². The number of amides is 1. The predicted octanol–water partition coefficient (Wildman–Crippen LogP) is 4.13. The van der Waals surface area contributed by atoms with Gasteiger partial charge in [-0.25, -0.2) is 9.59 Å². The molecule has 1 aliphatic rings. The lowest BCUT2D eigenvalue weighted by molar-refractivity contribution is 0.0697. The van der Waals surface area contributed by atoms with Crippen molar-refractivity contribution >= 4 is 17.7 Å². The second-order valence-electron chi connectivity index (χ2n) is 7.00. The van der Waals surface area contributed by atoms with Gasteiger partial charge in [-0.15, -0.1) is 0 Å². The maximum absolute atomic E-state index is 12.9. The number of benzene rings is 3. The van der Waals surface area contributed by atoms with E-state index in [0.717, 1.165) is 27.2 Å². The first-order valence-electron chi connectivity index (χ1n) is 9.67. The van der Waals surface area contributed by atoms with Crippen LogP contribution in [0.1, 0.15) is 27.4 Å². The van der Waals surface area contributed by atoms with Gasteiger partial charge in [0, 0.05) is 5.92 Å². The Morgan fingerprint density at radius 3 is 2.03 bits per heavy atom. The molecule has 1 amide bonds. The van der Waals surface area contributed by atoms with Crippen LogP contribution in [0, 0.1) is 0 Å². The van der Waals surface area contributed by atoms with Crippen LogP contribution in [0.25, 0.3) is 11.1 Å². The van der Waals surface area contributed by atoms with Crippen molar-refractivity contribution in [1.29, 1.82) is 0 Å². The number of nitrogens with zero attached hydrogens (tertiary/aromatic N) is 1. The zero-order valence-electron chi connectivity index (χ0n) is 16.2. The van der Waals surface area contributed by atoms with Crippen LogP contribution in [0.5, 0.6) is 0 Å². The van der Waals surface area contributed by atoms with Crippen molar-refractivity contribution in [2.75, 3.05) is 24.7 Å². The molecule has 0 unspecified atom stereocenters. The van der Waals surface area contributed by atoms with E-state index >= 15 is 0 Å². The van der Waals surface area contributed by atoms with Crippen molar-refractivity contribution in [3.8, 4) is 11.1 Å². The maximum atomic E-state index is 12.9. The molecule has 0 radical (unpaired) electrons. The van der Waals surface area contributed by atoms with Gasteiger partial charge in [0.05, 0.1) is 24.4 Å². The fraction of sp³-hybridized carbons (Fsp3) is 0.167. The summed E-state index contributed by atoms with van der Waals surface area (Å²) in [5, 5.41) is 18.9. The quantitative estimate of drug-likeness (QED) is 0.646. The highest BCUT2D eigenvalue weighted by atomic mass is 16.6. The molecule has 6 nitrogen and oxygen atoms in total. The fourth-order valence-corrected chi connectivity index (χ4v) is 3.97. The van der Waals surface area contributed by atoms with E-state index in [1.807, 2.05) is 36.4 Å². The van der Waals surface area contributed by atoms with Gasteiger partial charge in [0.1, 0.15) is 6.61 Å². The molecule has 0 aliphatic heterocycles. The number of aliphatic hydroxyl groups is 1. The van der Waals surface area contributed by atoms with Gasteiger partial charge in [0.2, 0.25) is 0 Å². The van der Waals surface area contributed by atoms with E-state index in [0.29, 0.717) is 0 Å². The molecule has 6 heteroatoms. The van der Waals surface area contributed by atoms with Crippen LogP contribution in [-0.2, 0) is 4.74 Å². The number of hydrogen-bond donors (Lipinski definition) is 2. The van der Waals surface area contributed by atoms with Crippen LogP contribution in [0.3, 0.4) is 0 Å². The van der Waals surface area contributed by atoms with Crippen molar-refractivity contribution in [3.05, 3.63) is 89.5 Å². The van der Waals surface area contributed by atoms with E-state index < -0.39 is 12.1 Å². The summed E-state index contributed by atoms with van der Waals surface area (Å²) in [5.41, 5.74) is 4.59. The molecule has 0 saturated carbocycles. The number of carbonyl (C=O) groups is 2. The first-order chi connectivity index (χ1) is 14.6. The third-order valence-electron chi connectivity index (χ3n) is 5.31. The van der Waals surface area contributed by atoms with E-state index in [1.165, 1.54) is 12.1 Å². The third-order valence-corrected chi connectivity index (χ3v) is 5.31. The molecule has 0 fully saturated rings. The zero-order valence-corrected chi connectivity index (χ0v) is 16.2. The normalized spacial score (nSPS) is 12.2. The van der Waals surface area contributed by atoms with Gasteiger partial charge in [-0.3, -0.25) is 4.90 Å². The Morgan fingerprint density at radius 1 is 0.867 bits per heavy atom. The summed E-state index contributed by atoms with van der Waals surface area (Å²) in [6.07, 6.45) is -0.695. The Labute approximate surface area is 174 Å². The number of carbonyl (C=O) groups excluding carboxylic acids is 1. The van der Waals surface area contributed by atoms with Crippen LogP contribution >= 0.6 is 0 Å². The van der Waals surface area contributed by atoms with Crippen LogP contribution in [0.15, 0.2) is 72.8 Å². The Morgan fingerprint density at radius 2 is 1.43 bits per heavy atom. The summed E-state index contributed by atoms with van der Waals surface area (Å²) in [5.74, 6) is -1.26. The van der Waals surface area contributed by atoms with Crippen molar-refractivity contribution in [2.45, 2.75) is 5.92 Å². The van der Waals surface area contributed by atoms with Gasteiger partial charge in [-0.2, -0.15) is 0 Å². The van der Waals surface area contributed by atoms with Crippen molar-refractivity contribution in [3.63, 3.8) is 0 Å². The Hall–Kier alpha value is -3.64. The SMILES string of the molecule is O=C(O)c1ccccc1N(CCO)C(=O)OCC1c2ccccc2-c2ccccc21. The van der Waals surface area contributed by atoms with Crippen molar-refractivity contribution < 1.29 is 24.5 Å². The van der Waals surface area contributed by atoms with Crippen molar-refractivity contribution in [1.82, 2.24) is 0 Å². The Balaban J connectivity index is 1.59. The number of ether oxygens (including phenoxy) is 1. The number of hydrogen-bond acceptors (Lipinski definition) is 4. The summed E-state index contributed by atoms with van der Waals surface area (Å²) in [4.78, 5) is 25.6. The lowest BCUT2D eigenvalue weighted by Crippen LogP contribution is -2.36. The predicted molar refractivity (Wildman–Crippen MR) is 113 cm³/mol. The van der Waals surface area contributed by atoms with Crippen LogP contribution in [-0.4, -0.2) is 42.0 Å². The van der Waals surface area contributed by atoms with E-state index in [4.69, 9.17) is 4.74 Å². The van der Waals surface area contributed by atoms with Crippen LogP contribution < -0.4 is 4.90 Å². The van der Waals surface area contributed by atoms with Crippen molar-refractivity contribution in [2.24, 2.45) is 0 Å². The fourth-order valence-electron chi connectivity index (χ4n) is 3.97. The standard InChI is InChI=1S/C24H21NO5/c26-14-13-25(22-12-6-5-11-20(22)23(27)28)24(29)30-15-21-18-9-3-1-7-16(18)17-8-2-4-10-19(17)21/h1-12,21,26H,13-15H2,(H,27,28). The molecule has 0 heterocycles. The second-order valence-corrected chi connectivity index (χ2v) is 7.00. The number of fused-ring (bicyclic) bond motifs is 3. The van der Waals surface area contributed by atoms with E-state index in [9.17, 15) is 19.8 Å². The maximum Gasteiger partial charge on any atom is 0.414 e. The first kappa shape index (κ1) is 19.7. The molecule has 4 rings (SSSR count). The molecule has 152 valence electrons. The minimum atomic E-state index is -1.15. The largest absolute Gasteiger partial charge is 0.478 e. The molecule has 3 aromatic carbocycles. The molecule has 0 spiro atoms. The zero-order chi connectivity index (χ0) is 21.1. The number of para-hydroxylation sites is 1. The third kappa shape index (κ3) is 3.53. The topological polar surface area (TPSA) is 87.1 Å². The van der Waals surface area contributed by atoms with Crippen LogP contribution in [0.4, 0.5) is 10.5 Å². The molecule has 2 N–H and O–H groups in total. The highest BCUT2D eigenvalue weighted by Crippen LogP contribution is 2.44. The van der Waals surface area contributed by atoms with Gasteiger partial charge >= 0.3 is 12.1 Å². The minimum absolute atomic E-state index is 0.0283. The van der Waals surface area contributed by atoms with Gasteiger partial charge < -0.3 is 14.9 Å². The highest BCUT2D eigenvalue weighted by Gasteiger charge is 2.30. The molecule has 0 bridgehead atoms.